The van der Waals surface area contributed by atoms with Gasteiger partial charge in [-0.1, -0.05) is 54.1 Å². The number of hydrogen-bond donors (Lipinski definition) is 1. The van der Waals surface area contributed by atoms with Gasteiger partial charge in [0.1, 0.15) is 5.76 Å². The van der Waals surface area contributed by atoms with Crippen LogP contribution in [-0.2, 0) is 24.4 Å². The predicted octanol–water partition coefficient (Wildman–Crippen LogP) is 4.20. The molecule has 1 saturated heterocycles. The Balaban J connectivity index is 1.35. The van der Waals surface area contributed by atoms with Crippen LogP contribution in [0.1, 0.15) is 27.4 Å². The van der Waals surface area contributed by atoms with Gasteiger partial charge in [0.2, 0.25) is 0 Å². The molecule has 0 unspecified atom stereocenters. The molecule has 2 aromatic carbocycles. The van der Waals surface area contributed by atoms with Gasteiger partial charge in [0.15, 0.2) is 5.76 Å². The molecule has 1 fully saturated rings. The smallest absolute Gasteiger partial charge is 0.287 e. The Labute approximate surface area is 200 Å². The van der Waals surface area contributed by atoms with Crippen molar-refractivity contribution in [3.8, 4) is 0 Å². The summed E-state index contributed by atoms with van der Waals surface area (Å²) in [6, 6.07) is 21.9. The Hall–Kier alpha value is -2.64. The maximum absolute atomic E-state index is 12.5. The van der Waals surface area contributed by atoms with Gasteiger partial charge in [0.25, 0.3) is 5.91 Å². The molecule has 2 heterocycles. The molecule has 0 radical (unpaired) electrons. The first-order valence-electron chi connectivity index (χ1n) is 11.3. The van der Waals surface area contributed by atoms with Gasteiger partial charge in [-0.15, -0.1) is 0 Å². The van der Waals surface area contributed by atoms with Gasteiger partial charge in [-0.25, -0.2) is 0 Å². The third-order valence-electron chi connectivity index (χ3n) is 5.65. The summed E-state index contributed by atoms with van der Waals surface area (Å²) in [5, 5.41) is 3.68. The molecule has 1 aliphatic rings. The van der Waals surface area contributed by atoms with Gasteiger partial charge in [0.05, 0.1) is 19.8 Å². The standard InChI is InChI=1S/C26H30ClN3O3/c27-23-8-6-22(7-9-23)19-30(18-21-4-2-1-3-5-21)20-24-10-11-25(33-24)26(31)28-12-13-29-14-16-32-17-15-29/h1-11H,12-20H2,(H,28,31). The van der Waals surface area contributed by atoms with E-state index in [1.807, 2.05) is 48.5 Å². The largest absolute Gasteiger partial charge is 0.455 e. The predicted molar refractivity (Wildman–Crippen MR) is 129 cm³/mol. The number of carbonyl (C=O) groups is 1. The summed E-state index contributed by atoms with van der Waals surface area (Å²) in [6.45, 7) is 6.84. The summed E-state index contributed by atoms with van der Waals surface area (Å²) >= 11 is 6.05. The number of nitrogens with one attached hydrogen (secondary N) is 1. The van der Waals surface area contributed by atoms with E-state index in [-0.39, 0.29) is 5.91 Å². The zero-order chi connectivity index (χ0) is 22.9. The van der Waals surface area contributed by atoms with E-state index in [0.717, 1.165) is 56.7 Å². The zero-order valence-electron chi connectivity index (χ0n) is 18.7. The minimum absolute atomic E-state index is 0.179. The number of ether oxygens (including phenoxy) is 1. The first-order valence-corrected chi connectivity index (χ1v) is 11.7. The minimum atomic E-state index is -0.179. The molecule has 7 heteroatoms. The number of nitrogens with zero attached hydrogens (tertiary/aromatic N) is 2. The third-order valence-corrected chi connectivity index (χ3v) is 5.90. The Morgan fingerprint density at radius 1 is 0.909 bits per heavy atom. The lowest BCUT2D eigenvalue weighted by Gasteiger charge is -2.26. The lowest BCUT2D eigenvalue weighted by molar-refractivity contribution is 0.0382. The maximum Gasteiger partial charge on any atom is 0.287 e. The van der Waals surface area contributed by atoms with Crippen molar-refractivity contribution in [1.29, 1.82) is 0 Å². The summed E-state index contributed by atoms with van der Waals surface area (Å²) in [5.41, 5.74) is 2.39. The van der Waals surface area contributed by atoms with Crippen LogP contribution >= 0.6 is 11.6 Å². The summed E-state index contributed by atoms with van der Waals surface area (Å²) in [7, 11) is 0. The van der Waals surface area contributed by atoms with Gasteiger partial charge >= 0.3 is 0 Å². The van der Waals surface area contributed by atoms with Crippen LogP contribution in [0.15, 0.2) is 71.1 Å². The fourth-order valence-corrected chi connectivity index (χ4v) is 4.03. The van der Waals surface area contributed by atoms with E-state index in [2.05, 4.69) is 27.2 Å². The van der Waals surface area contributed by atoms with Gasteiger partial charge in [-0.05, 0) is 35.4 Å². The van der Waals surface area contributed by atoms with Crippen LogP contribution in [-0.4, -0.2) is 55.1 Å². The van der Waals surface area contributed by atoms with E-state index >= 15 is 0 Å². The Morgan fingerprint density at radius 2 is 1.61 bits per heavy atom. The second-order valence-electron chi connectivity index (χ2n) is 8.23. The van der Waals surface area contributed by atoms with Crippen LogP contribution in [0.5, 0.6) is 0 Å². The Bertz CT molecular complexity index is 1000. The van der Waals surface area contributed by atoms with Gasteiger partial charge in [-0.2, -0.15) is 0 Å². The van der Waals surface area contributed by atoms with E-state index in [4.69, 9.17) is 20.8 Å². The van der Waals surface area contributed by atoms with Gasteiger partial charge < -0.3 is 14.5 Å². The maximum atomic E-state index is 12.5. The molecular weight excluding hydrogens is 438 g/mol. The van der Waals surface area contributed by atoms with E-state index in [9.17, 15) is 4.79 Å². The topological polar surface area (TPSA) is 58.0 Å². The van der Waals surface area contributed by atoms with E-state index in [0.29, 0.717) is 18.8 Å². The first kappa shape index (κ1) is 23.5. The van der Waals surface area contributed by atoms with E-state index in [1.165, 1.54) is 11.1 Å². The molecule has 0 bridgehead atoms. The van der Waals surface area contributed by atoms with Crippen molar-refractivity contribution in [2.24, 2.45) is 0 Å². The average Bonchev–Trinajstić information content (AvgIpc) is 3.30. The molecule has 6 nitrogen and oxygen atoms in total. The van der Waals surface area contributed by atoms with Crippen molar-refractivity contribution in [3.63, 3.8) is 0 Å². The molecule has 33 heavy (non-hydrogen) atoms. The number of amides is 1. The molecule has 1 aliphatic heterocycles. The highest BCUT2D eigenvalue weighted by Crippen LogP contribution is 2.18. The molecular formula is C26H30ClN3O3. The fourth-order valence-electron chi connectivity index (χ4n) is 3.90. The van der Waals surface area contributed by atoms with Crippen molar-refractivity contribution < 1.29 is 13.9 Å². The van der Waals surface area contributed by atoms with Crippen molar-refractivity contribution in [3.05, 3.63) is 94.4 Å². The average molecular weight is 468 g/mol. The van der Waals surface area contributed by atoms with Crippen LogP contribution < -0.4 is 5.32 Å². The van der Waals surface area contributed by atoms with Crippen LogP contribution in [0.3, 0.4) is 0 Å². The second kappa shape index (κ2) is 12.0. The number of morpholine rings is 1. The minimum Gasteiger partial charge on any atom is -0.455 e. The van der Waals surface area contributed by atoms with Crippen molar-refractivity contribution in [1.82, 2.24) is 15.1 Å². The molecule has 1 aromatic heterocycles. The quantitative estimate of drug-likeness (QED) is 0.484. The summed E-state index contributed by atoms with van der Waals surface area (Å²) in [6.07, 6.45) is 0. The van der Waals surface area contributed by atoms with Crippen LogP contribution in [0.2, 0.25) is 5.02 Å². The molecule has 0 aliphatic carbocycles. The van der Waals surface area contributed by atoms with Crippen molar-refractivity contribution in [2.75, 3.05) is 39.4 Å². The van der Waals surface area contributed by atoms with E-state index in [1.54, 1.807) is 6.07 Å². The van der Waals surface area contributed by atoms with Crippen LogP contribution in [0, 0.1) is 0 Å². The molecule has 1 amide bonds. The monoisotopic (exact) mass is 467 g/mol. The summed E-state index contributed by atoms with van der Waals surface area (Å²) < 4.78 is 11.3. The SMILES string of the molecule is O=C(NCCN1CCOCC1)c1ccc(CN(Cc2ccccc2)Cc2ccc(Cl)cc2)o1. The van der Waals surface area contributed by atoms with Gasteiger partial charge in [0, 0.05) is 44.3 Å². The Kier molecular flexibility index (Phi) is 8.55. The normalized spacial score (nSPS) is 14.5. The molecule has 0 spiro atoms. The number of carbonyl (C=O) groups excluding carboxylic acids is 1. The lowest BCUT2D eigenvalue weighted by atomic mass is 10.1. The molecule has 174 valence electrons. The molecule has 0 saturated carbocycles. The summed E-state index contributed by atoms with van der Waals surface area (Å²) in [4.78, 5) is 17.1. The number of halogens is 1. The summed E-state index contributed by atoms with van der Waals surface area (Å²) in [5.74, 6) is 0.929. The number of benzene rings is 2. The van der Waals surface area contributed by atoms with Crippen molar-refractivity contribution in [2.45, 2.75) is 19.6 Å². The molecule has 4 rings (SSSR count). The highest BCUT2D eigenvalue weighted by atomic mass is 35.5. The second-order valence-corrected chi connectivity index (χ2v) is 8.67. The highest BCUT2D eigenvalue weighted by molar-refractivity contribution is 6.30. The van der Waals surface area contributed by atoms with Crippen LogP contribution in [0.25, 0.3) is 0 Å². The van der Waals surface area contributed by atoms with Crippen LogP contribution in [0.4, 0.5) is 0 Å². The number of hydrogen-bond acceptors (Lipinski definition) is 5. The van der Waals surface area contributed by atoms with Gasteiger partial charge in [-0.3, -0.25) is 14.6 Å². The zero-order valence-corrected chi connectivity index (χ0v) is 19.5. The van der Waals surface area contributed by atoms with Crippen molar-refractivity contribution >= 4 is 17.5 Å². The third kappa shape index (κ3) is 7.44. The number of furan rings is 1. The molecule has 1 N–H and O–H groups in total. The molecule has 0 atom stereocenters. The first-order chi connectivity index (χ1) is 16.2. The highest BCUT2D eigenvalue weighted by Gasteiger charge is 2.16. The fraction of sp³-hybridized carbons (Fsp3) is 0.346. The van der Waals surface area contributed by atoms with E-state index < -0.39 is 0 Å². The lowest BCUT2D eigenvalue weighted by Crippen LogP contribution is -2.41. The Morgan fingerprint density at radius 3 is 2.33 bits per heavy atom. The molecule has 3 aromatic rings. The number of rotatable bonds is 10.